The molecule has 1 N–H and O–H groups in total. The molecule has 0 bridgehead atoms. The van der Waals surface area contributed by atoms with Gasteiger partial charge >= 0.3 is 0 Å². The summed E-state index contributed by atoms with van der Waals surface area (Å²) in [6, 6.07) is 10.9. The van der Waals surface area contributed by atoms with Crippen LogP contribution in [-0.4, -0.2) is 64.0 Å². The molecule has 0 radical (unpaired) electrons. The van der Waals surface area contributed by atoms with Crippen molar-refractivity contribution in [2.24, 2.45) is 5.41 Å². The molecule has 3 aromatic rings. The number of hydrogen-bond donors (Lipinski definition) is 1. The zero-order valence-corrected chi connectivity index (χ0v) is 18.6. The van der Waals surface area contributed by atoms with E-state index in [-0.39, 0.29) is 11.7 Å². The highest BCUT2D eigenvalue weighted by atomic mass is 16.5. The van der Waals surface area contributed by atoms with Crippen LogP contribution in [0.2, 0.25) is 0 Å². The summed E-state index contributed by atoms with van der Waals surface area (Å²) in [7, 11) is 0. The molecule has 2 saturated heterocycles. The Morgan fingerprint density at radius 3 is 2.88 bits per heavy atom. The summed E-state index contributed by atoms with van der Waals surface area (Å²) in [5.41, 5.74) is 1.83. The number of benzene rings is 1. The third-order valence-corrected chi connectivity index (χ3v) is 6.13. The van der Waals surface area contributed by atoms with Crippen LogP contribution in [0, 0.1) is 5.41 Å². The first kappa shape index (κ1) is 21.5. The van der Waals surface area contributed by atoms with E-state index in [9.17, 15) is 9.59 Å². The fraction of sp³-hybridized carbons (Fsp3) is 0.417. The van der Waals surface area contributed by atoms with Crippen molar-refractivity contribution in [2.75, 3.05) is 38.2 Å². The van der Waals surface area contributed by atoms with Crippen molar-refractivity contribution in [1.82, 2.24) is 19.5 Å². The van der Waals surface area contributed by atoms with Crippen molar-refractivity contribution >= 4 is 23.2 Å². The number of nitrogens with zero attached hydrogens (tertiary/aromatic N) is 4. The number of carbonyl (C=O) groups is 2. The highest BCUT2D eigenvalue weighted by Crippen LogP contribution is 2.37. The Kier molecular flexibility index (Phi) is 5.82. The summed E-state index contributed by atoms with van der Waals surface area (Å²) in [4.78, 5) is 30.5. The summed E-state index contributed by atoms with van der Waals surface area (Å²) < 4.78 is 12.8. The molecule has 0 aliphatic carbocycles. The molecule has 9 heteroatoms. The van der Waals surface area contributed by atoms with Crippen LogP contribution in [0.25, 0.3) is 5.65 Å². The minimum atomic E-state index is -0.0667. The summed E-state index contributed by atoms with van der Waals surface area (Å²) >= 11 is 0. The molecular weight excluding hydrogens is 422 g/mol. The quantitative estimate of drug-likeness (QED) is 0.565. The van der Waals surface area contributed by atoms with Crippen molar-refractivity contribution in [3.8, 4) is 11.6 Å². The number of anilines is 1. The van der Waals surface area contributed by atoms with Gasteiger partial charge in [-0.1, -0.05) is 12.1 Å². The molecule has 0 atom stereocenters. The highest BCUT2D eigenvalue weighted by molar-refractivity contribution is 5.90. The van der Waals surface area contributed by atoms with E-state index in [4.69, 9.17) is 9.47 Å². The first-order valence-corrected chi connectivity index (χ1v) is 11.2. The smallest absolute Gasteiger partial charge is 0.237 e. The Balaban J connectivity index is 1.18. The molecule has 33 heavy (non-hydrogen) atoms. The van der Waals surface area contributed by atoms with E-state index in [0.29, 0.717) is 41.4 Å². The van der Waals surface area contributed by atoms with E-state index in [0.717, 1.165) is 44.8 Å². The third kappa shape index (κ3) is 5.04. The fourth-order valence-corrected chi connectivity index (χ4v) is 4.42. The van der Waals surface area contributed by atoms with Gasteiger partial charge in [0.15, 0.2) is 11.5 Å². The topological polar surface area (TPSA) is 98.1 Å². The molecule has 2 aromatic heterocycles. The standard InChI is InChI=1S/C24H27N5O4/c1-17(30)11-18-3-2-4-19(12-18)33-23-6-5-21-25-20(13-29(21)27-23)26-22(31)7-9-28-10-8-24(14-28)15-32-16-24/h2-6,12-13H,7-11,14-16H2,1H3,(H,26,31). The number of imidazole rings is 1. The SMILES string of the molecule is CC(=O)Cc1cccc(Oc2ccc3nc(NC(=O)CCN4CCC5(COC5)C4)cn3n2)c1. The average molecular weight is 450 g/mol. The zero-order valence-electron chi connectivity index (χ0n) is 18.6. The van der Waals surface area contributed by atoms with E-state index < -0.39 is 0 Å². The van der Waals surface area contributed by atoms with Gasteiger partial charge in [0.25, 0.3) is 0 Å². The summed E-state index contributed by atoms with van der Waals surface area (Å²) in [5.74, 6) is 1.48. The van der Waals surface area contributed by atoms with Crippen LogP contribution in [0.1, 0.15) is 25.3 Å². The second kappa shape index (κ2) is 8.92. The van der Waals surface area contributed by atoms with Gasteiger partial charge in [0.1, 0.15) is 11.5 Å². The summed E-state index contributed by atoms with van der Waals surface area (Å²) in [6.45, 7) is 6.03. The molecule has 2 fully saturated rings. The molecule has 2 aliphatic heterocycles. The number of hydrogen-bond acceptors (Lipinski definition) is 7. The second-order valence-electron chi connectivity index (χ2n) is 9.05. The van der Waals surface area contributed by atoms with Gasteiger partial charge in [-0.15, -0.1) is 5.10 Å². The minimum absolute atomic E-state index is 0.0667. The van der Waals surface area contributed by atoms with Crippen LogP contribution in [0.15, 0.2) is 42.6 Å². The molecule has 172 valence electrons. The van der Waals surface area contributed by atoms with Crippen molar-refractivity contribution in [2.45, 2.75) is 26.2 Å². The maximum atomic E-state index is 12.4. The number of Topliss-reactive ketones (excluding diaryl/α,β-unsaturated/α-hetero) is 1. The lowest BCUT2D eigenvalue weighted by Gasteiger charge is -2.37. The molecule has 0 saturated carbocycles. The Morgan fingerprint density at radius 2 is 2.12 bits per heavy atom. The molecule has 4 heterocycles. The number of likely N-dealkylation sites (tertiary alicyclic amines) is 1. The molecule has 0 unspecified atom stereocenters. The summed E-state index contributed by atoms with van der Waals surface area (Å²) in [6.07, 6.45) is 3.60. The second-order valence-corrected chi connectivity index (χ2v) is 9.05. The Hall–Kier alpha value is -3.30. The van der Waals surface area contributed by atoms with Crippen molar-refractivity contribution < 1.29 is 19.1 Å². The lowest BCUT2D eigenvalue weighted by atomic mass is 9.85. The van der Waals surface area contributed by atoms with Crippen molar-refractivity contribution in [3.63, 3.8) is 0 Å². The molecule has 1 amide bonds. The van der Waals surface area contributed by atoms with Gasteiger partial charge in [0, 0.05) is 37.4 Å². The number of ketones is 1. The van der Waals surface area contributed by atoms with Crippen LogP contribution >= 0.6 is 0 Å². The fourth-order valence-electron chi connectivity index (χ4n) is 4.42. The molecule has 2 aliphatic rings. The van der Waals surface area contributed by atoms with Gasteiger partial charge < -0.3 is 19.7 Å². The number of nitrogens with one attached hydrogen (secondary N) is 1. The van der Waals surface area contributed by atoms with E-state index in [1.54, 1.807) is 29.8 Å². The number of aromatic nitrogens is 3. The van der Waals surface area contributed by atoms with Crippen LogP contribution < -0.4 is 10.1 Å². The number of carbonyl (C=O) groups excluding carboxylic acids is 2. The lowest BCUT2D eigenvalue weighted by Crippen LogP contribution is -2.44. The van der Waals surface area contributed by atoms with Crippen LogP contribution in [0.3, 0.4) is 0 Å². The average Bonchev–Trinajstić information content (AvgIpc) is 3.35. The Labute approximate surface area is 191 Å². The first-order valence-electron chi connectivity index (χ1n) is 11.2. The third-order valence-electron chi connectivity index (χ3n) is 6.13. The number of rotatable bonds is 8. The van der Waals surface area contributed by atoms with E-state index >= 15 is 0 Å². The predicted molar refractivity (Wildman–Crippen MR) is 121 cm³/mol. The van der Waals surface area contributed by atoms with Crippen molar-refractivity contribution in [3.05, 3.63) is 48.2 Å². The van der Waals surface area contributed by atoms with E-state index in [2.05, 4.69) is 20.3 Å². The monoisotopic (exact) mass is 449 g/mol. The van der Waals surface area contributed by atoms with E-state index in [1.165, 1.54) is 0 Å². The number of ether oxygens (including phenoxy) is 2. The Morgan fingerprint density at radius 1 is 1.24 bits per heavy atom. The van der Waals surface area contributed by atoms with Gasteiger partial charge in [-0.2, -0.15) is 0 Å². The summed E-state index contributed by atoms with van der Waals surface area (Å²) in [5, 5.41) is 7.29. The van der Waals surface area contributed by atoms with E-state index in [1.807, 2.05) is 24.3 Å². The van der Waals surface area contributed by atoms with Gasteiger partial charge in [-0.25, -0.2) is 9.50 Å². The highest BCUT2D eigenvalue weighted by Gasteiger charge is 2.44. The maximum absolute atomic E-state index is 12.4. The number of fused-ring (bicyclic) bond motifs is 1. The van der Waals surface area contributed by atoms with Crippen LogP contribution in [0.4, 0.5) is 5.82 Å². The normalized spacial score (nSPS) is 17.2. The predicted octanol–water partition coefficient (Wildman–Crippen LogP) is 2.70. The molecular formula is C24H27N5O4. The minimum Gasteiger partial charge on any atom is -0.438 e. The van der Waals surface area contributed by atoms with Crippen LogP contribution in [0.5, 0.6) is 11.6 Å². The molecule has 1 spiro atoms. The maximum Gasteiger partial charge on any atom is 0.237 e. The molecule has 9 nitrogen and oxygen atoms in total. The molecule has 1 aromatic carbocycles. The van der Waals surface area contributed by atoms with Gasteiger partial charge in [-0.05, 0) is 43.7 Å². The largest absolute Gasteiger partial charge is 0.438 e. The zero-order chi connectivity index (χ0) is 22.8. The van der Waals surface area contributed by atoms with Crippen molar-refractivity contribution in [1.29, 1.82) is 0 Å². The Bertz CT molecular complexity index is 1190. The van der Waals surface area contributed by atoms with Gasteiger partial charge in [-0.3, -0.25) is 9.59 Å². The van der Waals surface area contributed by atoms with Gasteiger partial charge in [0.2, 0.25) is 11.8 Å². The van der Waals surface area contributed by atoms with Gasteiger partial charge in [0.05, 0.1) is 19.4 Å². The first-order chi connectivity index (χ1) is 16.0. The lowest BCUT2D eigenvalue weighted by molar-refractivity contribution is -0.117. The molecule has 5 rings (SSSR count). The van der Waals surface area contributed by atoms with Crippen LogP contribution in [-0.2, 0) is 20.7 Å². The number of amides is 1.